The van der Waals surface area contributed by atoms with E-state index < -0.39 is 5.97 Å². The molecule has 0 aliphatic rings. The minimum atomic E-state index is -0.511. The maximum absolute atomic E-state index is 12.7. The quantitative estimate of drug-likeness (QED) is 0.220. The number of aromatic nitrogens is 3. The number of ether oxygens (including phenoxy) is 1. The lowest BCUT2D eigenvalue weighted by atomic mass is 10.1. The fraction of sp³-hybridized carbons (Fsp3) is 0.100. The molecule has 0 amide bonds. The van der Waals surface area contributed by atoms with Gasteiger partial charge in [-0.05, 0) is 35.9 Å². The molecule has 3 aromatic carbocycles. The molecule has 0 aliphatic carbocycles. The Morgan fingerprint density at radius 1 is 0.892 bits per heavy atom. The summed E-state index contributed by atoms with van der Waals surface area (Å²) in [6, 6.07) is 25.9. The number of nitrogens with zero attached hydrogens (tertiary/aromatic N) is 3. The van der Waals surface area contributed by atoms with Crippen molar-refractivity contribution < 1.29 is 14.3 Å². The fourth-order valence-electron chi connectivity index (χ4n) is 5.04. The van der Waals surface area contributed by atoms with Crippen LogP contribution in [0, 0.1) is 0 Å². The zero-order valence-electron chi connectivity index (χ0n) is 20.2. The van der Waals surface area contributed by atoms with Gasteiger partial charge in [0.05, 0.1) is 23.8 Å². The van der Waals surface area contributed by atoms with E-state index in [0.717, 1.165) is 48.3 Å². The lowest BCUT2D eigenvalue weighted by molar-refractivity contribution is 0.0594. The number of pyridine rings is 1. The minimum absolute atomic E-state index is 0.0989. The second-order valence-electron chi connectivity index (χ2n) is 8.92. The number of fused-ring (bicyclic) bond motifs is 4. The second kappa shape index (κ2) is 9.01. The van der Waals surface area contributed by atoms with E-state index in [1.54, 1.807) is 10.6 Å². The molecule has 3 aromatic heterocycles. The Morgan fingerprint density at radius 2 is 1.57 bits per heavy atom. The Bertz CT molecular complexity index is 1850. The summed E-state index contributed by atoms with van der Waals surface area (Å²) in [5.74, 6) is -0.610. The Kier molecular flexibility index (Phi) is 5.65. The van der Waals surface area contributed by atoms with Crippen LogP contribution in [0.2, 0.25) is 0 Å². The van der Waals surface area contributed by atoms with Gasteiger partial charge in [-0.3, -0.25) is 9.36 Å². The lowest BCUT2D eigenvalue weighted by Gasteiger charge is -2.12. The first kappa shape index (κ1) is 23.2. The summed E-state index contributed by atoms with van der Waals surface area (Å²) in [6.45, 7) is 2.14. The predicted octanol–water partition coefficient (Wildman–Crippen LogP) is 7.07. The molecule has 182 valence electrons. The van der Waals surface area contributed by atoms with Crippen LogP contribution in [0.1, 0.15) is 27.8 Å². The molecule has 0 bridgehead atoms. The summed E-state index contributed by atoms with van der Waals surface area (Å²) in [7, 11) is 1.35. The third-order valence-corrected chi connectivity index (χ3v) is 7.23. The third-order valence-electron chi connectivity index (χ3n) is 6.70. The highest BCUT2D eigenvalue weighted by molar-refractivity contribution is 9.10. The second-order valence-corrected chi connectivity index (χ2v) is 9.84. The summed E-state index contributed by atoms with van der Waals surface area (Å²) in [5.41, 5.74) is 5.46. The average Bonchev–Trinajstić information content (AvgIpc) is 3.46. The van der Waals surface area contributed by atoms with Gasteiger partial charge in [-0.25, -0.2) is 9.78 Å². The smallest absolute Gasteiger partial charge is 0.356 e. The van der Waals surface area contributed by atoms with Crippen molar-refractivity contribution in [1.82, 2.24) is 14.1 Å². The van der Waals surface area contributed by atoms with Gasteiger partial charge < -0.3 is 9.30 Å². The van der Waals surface area contributed by atoms with Crippen molar-refractivity contribution in [3.63, 3.8) is 0 Å². The van der Waals surface area contributed by atoms with Crippen molar-refractivity contribution in [2.45, 2.75) is 13.5 Å². The summed E-state index contributed by atoms with van der Waals surface area (Å²) < 4.78 is 9.94. The van der Waals surface area contributed by atoms with E-state index >= 15 is 0 Å². The molecular formula is C30H22BrN3O3. The Hall–Kier alpha value is -4.23. The largest absolute Gasteiger partial charge is 0.464 e. The number of rotatable bonds is 4. The standard InChI is InChI=1S/C30H22BrN3O3/c1-18(35)33-17-24(22-8-4-5-9-26(22)33)28-29-23(15-25(32-28)30(36)37-2)21-7-3-6-10-27(21)34(29)16-19-11-13-20(31)14-12-19/h3-15,17H,16H2,1-2H3. The third kappa shape index (κ3) is 3.83. The Labute approximate surface area is 221 Å². The highest BCUT2D eigenvalue weighted by Crippen LogP contribution is 2.39. The van der Waals surface area contributed by atoms with Crippen molar-refractivity contribution in [2.24, 2.45) is 0 Å². The molecular weight excluding hydrogens is 530 g/mol. The first-order valence-corrected chi connectivity index (χ1v) is 12.6. The van der Waals surface area contributed by atoms with Crippen LogP contribution >= 0.6 is 15.9 Å². The number of hydrogen-bond donors (Lipinski definition) is 0. The van der Waals surface area contributed by atoms with E-state index in [9.17, 15) is 9.59 Å². The first-order chi connectivity index (χ1) is 18.0. The van der Waals surface area contributed by atoms with E-state index in [1.165, 1.54) is 14.0 Å². The molecule has 0 spiro atoms. The van der Waals surface area contributed by atoms with Gasteiger partial charge in [-0.1, -0.05) is 64.5 Å². The van der Waals surface area contributed by atoms with Crippen molar-refractivity contribution in [3.05, 3.63) is 101 Å². The Morgan fingerprint density at radius 3 is 2.27 bits per heavy atom. The normalized spacial score (nSPS) is 11.4. The van der Waals surface area contributed by atoms with Crippen LogP contribution in [-0.4, -0.2) is 33.1 Å². The van der Waals surface area contributed by atoms with Gasteiger partial charge in [0.2, 0.25) is 5.91 Å². The summed E-state index contributed by atoms with van der Waals surface area (Å²) in [5, 5.41) is 2.80. The molecule has 6 rings (SSSR count). The molecule has 0 saturated carbocycles. The van der Waals surface area contributed by atoms with Crippen LogP contribution in [0.3, 0.4) is 0 Å². The van der Waals surface area contributed by atoms with E-state index in [2.05, 4.69) is 44.8 Å². The van der Waals surface area contributed by atoms with Gasteiger partial charge in [-0.2, -0.15) is 0 Å². The maximum atomic E-state index is 12.7. The van der Waals surface area contributed by atoms with Gasteiger partial charge in [0.1, 0.15) is 5.69 Å². The molecule has 7 heteroatoms. The molecule has 0 unspecified atom stereocenters. The monoisotopic (exact) mass is 551 g/mol. The van der Waals surface area contributed by atoms with Crippen LogP contribution in [0.5, 0.6) is 0 Å². The number of esters is 1. The average molecular weight is 552 g/mol. The zero-order valence-corrected chi connectivity index (χ0v) is 21.8. The van der Waals surface area contributed by atoms with Crippen LogP contribution in [-0.2, 0) is 11.3 Å². The number of para-hydroxylation sites is 2. The van der Waals surface area contributed by atoms with Crippen LogP contribution in [0.15, 0.2) is 89.5 Å². The van der Waals surface area contributed by atoms with Gasteiger partial charge in [-0.15, -0.1) is 0 Å². The first-order valence-electron chi connectivity index (χ1n) is 11.8. The van der Waals surface area contributed by atoms with E-state index in [0.29, 0.717) is 12.2 Å². The molecule has 3 heterocycles. The fourth-order valence-corrected chi connectivity index (χ4v) is 5.30. The Balaban J connectivity index is 1.75. The molecule has 0 atom stereocenters. The van der Waals surface area contributed by atoms with Crippen molar-refractivity contribution in [2.75, 3.05) is 7.11 Å². The summed E-state index contributed by atoms with van der Waals surface area (Å²) >= 11 is 3.52. The van der Waals surface area contributed by atoms with Crippen molar-refractivity contribution >= 4 is 60.5 Å². The summed E-state index contributed by atoms with van der Waals surface area (Å²) in [6.07, 6.45) is 1.82. The van der Waals surface area contributed by atoms with E-state index in [4.69, 9.17) is 9.72 Å². The number of hydrogen-bond acceptors (Lipinski definition) is 4. The van der Waals surface area contributed by atoms with Crippen molar-refractivity contribution in [3.8, 4) is 11.3 Å². The number of methoxy groups -OCH3 is 1. The van der Waals surface area contributed by atoms with Gasteiger partial charge in [0.25, 0.3) is 0 Å². The molecule has 0 aliphatic heterocycles. The van der Waals surface area contributed by atoms with Crippen LogP contribution in [0.4, 0.5) is 0 Å². The van der Waals surface area contributed by atoms with Gasteiger partial charge in [0, 0.05) is 51.4 Å². The number of halogens is 1. The van der Waals surface area contributed by atoms with Gasteiger partial charge in [0.15, 0.2) is 0 Å². The maximum Gasteiger partial charge on any atom is 0.356 e. The van der Waals surface area contributed by atoms with Crippen LogP contribution in [0.25, 0.3) is 44.0 Å². The van der Waals surface area contributed by atoms with Crippen LogP contribution < -0.4 is 0 Å². The number of carbonyl (C=O) groups is 2. The van der Waals surface area contributed by atoms with E-state index in [1.807, 2.05) is 54.7 Å². The highest BCUT2D eigenvalue weighted by atomic mass is 79.9. The predicted molar refractivity (Wildman–Crippen MR) is 149 cm³/mol. The minimum Gasteiger partial charge on any atom is -0.464 e. The molecule has 37 heavy (non-hydrogen) atoms. The topological polar surface area (TPSA) is 66.1 Å². The molecule has 0 radical (unpaired) electrons. The number of benzene rings is 3. The molecule has 6 nitrogen and oxygen atoms in total. The molecule has 6 aromatic rings. The highest BCUT2D eigenvalue weighted by Gasteiger charge is 2.23. The number of carbonyl (C=O) groups excluding carboxylic acids is 2. The molecule has 0 saturated heterocycles. The lowest BCUT2D eigenvalue weighted by Crippen LogP contribution is -2.07. The van der Waals surface area contributed by atoms with E-state index in [-0.39, 0.29) is 11.6 Å². The van der Waals surface area contributed by atoms with Gasteiger partial charge >= 0.3 is 5.97 Å². The summed E-state index contributed by atoms with van der Waals surface area (Å²) in [4.78, 5) is 30.1. The molecule has 0 fully saturated rings. The molecule has 0 N–H and O–H groups in total. The zero-order chi connectivity index (χ0) is 25.7. The van der Waals surface area contributed by atoms with Crippen molar-refractivity contribution in [1.29, 1.82) is 0 Å². The SMILES string of the molecule is COC(=O)c1cc2c3ccccc3n(Cc3ccc(Br)cc3)c2c(-c2cn(C(C)=O)c3ccccc23)n1.